The van der Waals surface area contributed by atoms with Gasteiger partial charge in [-0.05, 0) is 173 Å². The van der Waals surface area contributed by atoms with Crippen LogP contribution in [-0.2, 0) is 50.4 Å². The summed E-state index contributed by atoms with van der Waals surface area (Å²) < 4.78 is 88.1. The summed E-state index contributed by atoms with van der Waals surface area (Å²) in [6.45, 7) is -0.138. The van der Waals surface area contributed by atoms with E-state index in [4.69, 9.17) is 9.47 Å². The summed E-state index contributed by atoms with van der Waals surface area (Å²) in [6.07, 6.45) is 4.47. The molecule has 8 aliphatic rings. The maximum atomic E-state index is 13.3. The lowest BCUT2D eigenvalue weighted by Gasteiger charge is -2.59. The highest BCUT2D eigenvalue weighted by molar-refractivity contribution is 7.97. The second-order valence-electron chi connectivity index (χ2n) is 23.6. The van der Waals surface area contributed by atoms with Crippen molar-refractivity contribution in [3.05, 3.63) is 182 Å². The van der Waals surface area contributed by atoms with E-state index in [1.54, 1.807) is 0 Å². The molecule has 0 aromatic heterocycles. The fourth-order valence-electron chi connectivity index (χ4n) is 14.2. The summed E-state index contributed by atoms with van der Waals surface area (Å²) in [7, 11) is -0.0293. The predicted octanol–water partition coefficient (Wildman–Crippen LogP) is 15.9. The van der Waals surface area contributed by atoms with Crippen molar-refractivity contribution in [2.75, 3.05) is 6.61 Å². The molecule has 6 aromatic rings. The van der Waals surface area contributed by atoms with Gasteiger partial charge in [0.05, 0.1) is 51.1 Å². The lowest BCUT2D eigenvalue weighted by molar-refractivity contribution is -0.211. The molecule has 8 bridgehead atoms. The number of esters is 2. The Balaban J connectivity index is 0.000000134. The number of carbonyl (C=O) groups is 4. The van der Waals surface area contributed by atoms with Gasteiger partial charge in [-0.2, -0.15) is 17.6 Å². The SMILES string of the molecule is CC(F)(F)C(=O)OC1C2CC3CC1CC(C(=O)O)(C3)C2.CC(F)(F)C(F)(F)CCOC(=O)C12CC3CC(CC(C(=O)O)(C3)C1)C2.c1ccc([S+](c2ccccc2)c2ccccc2)cc1.c1ccc([S+](c2ccccc2)c2ccccc2)cc1. The smallest absolute Gasteiger partial charge is 0.376 e. The number of benzene rings is 6. The second kappa shape index (κ2) is 25.4. The highest BCUT2D eigenvalue weighted by Gasteiger charge is 2.64. The van der Waals surface area contributed by atoms with Gasteiger partial charge in [-0.1, -0.05) is 109 Å². The highest BCUT2D eigenvalue weighted by atomic mass is 32.2. The van der Waals surface area contributed by atoms with Crippen LogP contribution in [0, 0.1) is 45.8 Å². The van der Waals surface area contributed by atoms with Crippen LogP contribution in [0.2, 0.25) is 0 Å². The summed E-state index contributed by atoms with van der Waals surface area (Å²) in [5.41, 5.74) is -2.62. The van der Waals surface area contributed by atoms with Gasteiger partial charge in [-0.25, -0.2) is 13.6 Å². The van der Waals surface area contributed by atoms with Crippen molar-refractivity contribution in [2.45, 2.75) is 144 Å². The maximum Gasteiger partial charge on any atom is 0.376 e. The molecule has 0 radical (unpaired) electrons. The highest BCUT2D eigenvalue weighted by Crippen LogP contribution is 2.66. The molecular weight excluding hydrogens is 1110 g/mol. The number of ether oxygens (including phenoxy) is 2. The molecule has 0 amide bonds. The molecule has 8 aliphatic carbocycles. The monoisotopic (exact) mass is 1180 g/mol. The van der Waals surface area contributed by atoms with Crippen LogP contribution >= 0.6 is 0 Å². The third-order valence-electron chi connectivity index (χ3n) is 17.4. The van der Waals surface area contributed by atoms with Crippen LogP contribution < -0.4 is 0 Å². The van der Waals surface area contributed by atoms with Crippen molar-refractivity contribution in [2.24, 2.45) is 45.8 Å². The number of alkyl halides is 6. The molecule has 4 unspecified atom stereocenters. The molecule has 0 aliphatic heterocycles. The molecule has 16 heteroatoms. The summed E-state index contributed by atoms with van der Waals surface area (Å²) in [5.74, 6) is -15.4. The van der Waals surface area contributed by atoms with Crippen molar-refractivity contribution in [3.63, 3.8) is 0 Å². The van der Waals surface area contributed by atoms with Gasteiger partial charge in [0.1, 0.15) is 6.10 Å². The summed E-state index contributed by atoms with van der Waals surface area (Å²) in [6, 6.07) is 64.3. The zero-order chi connectivity index (χ0) is 59.2. The first-order valence-corrected chi connectivity index (χ1v) is 30.7. The largest absolute Gasteiger partial charge is 0.481 e. The van der Waals surface area contributed by atoms with Gasteiger partial charge in [-0.15, -0.1) is 0 Å². The molecule has 8 saturated carbocycles. The van der Waals surface area contributed by atoms with Crippen molar-refractivity contribution in [3.8, 4) is 0 Å². The Morgan fingerprint density at radius 2 is 0.795 bits per heavy atom. The second-order valence-corrected chi connectivity index (χ2v) is 27.7. The molecule has 83 heavy (non-hydrogen) atoms. The van der Waals surface area contributed by atoms with Gasteiger partial charge in [0.15, 0.2) is 29.4 Å². The Labute approximate surface area is 487 Å². The first kappa shape index (κ1) is 61.1. The Morgan fingerprint density at radius 1 is 0.470 bits per heavy atom. The van der Waals surface area contributed by atoms with E-state index in [-0.39, 0.29) is 58.8 Å². The lowest BCUT2D eigenvalue weighted by atomic mass is 9.44. The van der Waals surface area contributed by atoms with Crippen molar-refractivity contribution in [1.82, 2.24) is 0 Å². The van der Waals surface area contributed by atoms with E-state index in [2.05, 4.69) is 182 Å². The van der Waals surface area contributed by atoms with Crippen LogP contribution in [0.5, 0.6) is 0 Å². The molecule has 0 saturated heterocycles. The summed E-state index contributed by atoms with van der Waals surface area (Å²) in [4.78, 5) is 55.3. The Bertz CT molecular complexity index is 2800. The first-order chi connectivity index (χ1) is 39.5. The fraction of sp³-hybridized carbons (Fsp3) is 0.403. The molecule has 8 fully saturated rings. The molecule has 14 rings (SSSR count). The summed E-state index contributed by atoms with van der Waals surface area (Å²) in [5, 5.41) is 19.1. The van der Waals surface area contributed by atoms with Gasteiger partial charge in [-0.3, -0.25) is 14.4 Å². The van der Waals surface area contributed by atoms with Gasteiger partial charge in [0.2, 0.25) is 0 Å². The molecule has 6 aromatic carbocycles. The zero-order valence-corrected chi connectivity index (χ0v) is 48.0. The number of aliphatic carboxylic acids is 2. The van der Waals surface area contributed by atoms with Gasteiger partial charge in [0.25, 0.3) is 0 Å². The Hall–Kier alpha value is -6.52. The van der Waals surface area contributed by atoms with Crippen molar-refractivity contribution >= 4 is 45.7 Å². The minimum atomic E-state index is -4.25. The molecule has 438 valence electrons. The topological polar surface area (TPSA) is 127 Å². The van der Waals surface area contributed by atoms with Gasteiger partial charge >= 0.3 is 41.6 Å². The molecule has 8 nitrogen and oxygen atoms in total. The third kappa shape index (κ3) is 14.0. The first-order valence-electron chi connectivity index (χ1n) is 28.3. The van der Waals surface area contributed by atoms with Gasteiger partial charge in [0, 0.05) is 13.8 Å². The maximum absolute atomic E-state index is 13.3. The standard InChI is InChI=1S/2C18H15S.C17H22F4O4.C14H18F2O4/c2*1-4-10-16(11-5-1)19(17-12-6-2-7-13-17)18-14-8-3-9-15-18;1-14(18,19)17(20,21)2-3-25-13(24)16-7-10-4-11(8-16)6-15(5-10,9-16)12(22)23;1-13(15,16)12(19)20-10-8-2-7-3-9(10)6-14(4-7,5-8)11(17)18/h2*1-15H;10-11H,2-9H2,1H3,(H,22,23);7-10H,2-6H2,1H3,(H,17,18)/q2*+1;;. The number of hydrogen-bond donors (Lipinski definition) is 2. The van der Waals surface area contributed by atoms with Crippen LogP contribution in [0.1, 0.15) is 90.9 Å². The van der Waals surface area contributed by atoms with E-state index < -0.39 is 77.0 Å². The van der Waals surface area contributed by atoms with Crippen LogP contribution in [0.4, 0.5) is 26.3 Å². The Morgan fingerprint density at radius 3 is 1.11 bits per heavy atom. The van der Waals surface area contributed by atoms with Crippen LogP contribution in [0.15, 0.2) is 211 Å². The quantitative estimate of drug-likeness (QED) is 0.0591. The van der Waals surface area contributed by atoms with E-state index in [9.17, 15) is 55.7 Å². The van der Waals surface area contributed by atoms with E-state index in [1.165, 1.54) is 29.4 Å². The molecule has 0 spiro atoms. The molecular formula is C67H70F6O8S2+2. The zero-order valence-electron chi connectivity index (χ0n) is 46.4. The van der Waals surface area contributed by atoms with Crippen LogP contribution in [0.25, 0.3) is 0 Å². The van der Waals surface area contributed by atoms with Crippen LogP contribution in [0.3, 0.4) is 0 Å². The summed E-state index contributed by atoms with van der Waals surface area (Å²) >= 11 is 0. The average Bonchev–Trinajstić information content (AvgIpc) is 1.58. The minimum absolute atomic E-state index is 0.0146. The normalized spacial score (nSPS) is 26.3. The molecule has 2 N–H and O–H groups in total. The molecule has 0 heterocycles. The van der Waals surface area contributed by atoms with Crippen molar-refractivity contribution in [1.29, 1.82) is 0 Å². The number of carboxylic acids is 2. The lowest BCUT2D eigenvalue weighted by Crippen LogP contribution is -2.58. The average molecular weight is 1180 g/mol. The minimum Gasteiger partial charge on any atom is -0.481 e. The van der Waals surface area contributed by atoms with Crippen molar-refractivity contribution < 1.29 is 65.2 Å². The van der Waals surface area contributed by atoms with E-state index >= 15 is 0 Å². The third-order valence-corrected chi connectivity index (χ3v) is 21.8. The van der Waals surface area contributed by atoms with Gasteiger partial charge < -0.3 is 19.7 Å². The molecule has 4 atom stereocenters. The number of rotatable bonds is 15. The fourth-order valence-corrected chi connectivity index (χ4v) is 18.4. The van der Waals surface area contributed by atoms with E-state index in [1.807, 2.05) is 0 Å². The number of halogens is 6. The predicted molar refractivity (Wildman–Crippen MR) is 305 cm³/mol. The number of carbonyl (C=O) groups excluding carboxylic acids is 2. The van der Waals surface area contributed by atoms with Crippen LogP contribution in [-0.4, -0.2) is 64.6 Å². The number of hydrogen-bond acceptors (Lipinski definition) is 6. The number of carboxylic acid groups (broad SMARTS) is 2. The van der Waals surface area contributed by atoms with E-state index in [0.29, 0.717) is 57.8 Å². The van der Waals surface area contributed by atoms with E-state index in [0.717, 1.165) is 19.3 Å². The Kier molecular flexibility index (Phi) is 18.7.